The Balaban J connectivity index is 2.99. The molecule has 0 saturated heterocycles. The molecule has 0 amide bonds. The van der Waals surface area contributed by atoms with E-state index in [0.29, 0.717) is 5.82 Å². The summed E-state index contributed by atoms with van der Waals surface area (Å²) in [5, 5.41) is 0. The number of aromatic nitrogens is 1. The maximum absolute atomic E-state index is 9.91. The molecule has 0 unspecified atom stereocenters. The highest BCUT2D eigenvalue weighted by Gasteiger charge is 2.16. The van der Waals surface area contributed by atoms with Crippen LogP contribution in [0.3, 0.4) is 0 Å². The van der Waals surface area contributed by atoms with Gasteiger partial charge in [0, 0.05) is 4.88 Å². The van der Waals surface area contributed by atoms with E-state index in [2.05, 4.69) is 30.1 Å². The topological polar surface area (TPSA) is 42.3 Å². The van der Waals surface area contributed by atoms with Gasteiger partial charge >= 0.3 is 0 Å². The Morgan fingerprint density at radius 3 is 2.67 bits per heavy atom. The Bertz CT molecular complexity index is 318. The standard InChI is InChI=1S/C8H10N2OS/c1-8(2,3)6-4-7(9-5-11)10-12-6/h4H,1-3H3. The summed E-state index contributed by atoms with van der Waals surface area (Å²) in [6.45, 7) is 6.28. The first-order chi connectivity index (χ1) is 5.54. The van der Waals surface area contributed by atoms with Gasteiger partial charge in [0.05, 0.1) is 0 Å². The summed E-state index contributed by atoms with van der Waals surface area (Å²) < 4.78 is 3.98. The molecule has 1 aromatic rings. The van der Waals surface area contributed by atoms with Crippen molar-refractivity contribution in [2.24, 2.45) is 4.99 Å². The second-order valence-corrected chi connectivity index (χ2v) is 4.31. The lowest BCUT2D eigenvalue weighted by Crippen LogP contribution is -2.07. The molecule has 0 aromatic carbocycles. The normalized spacial score (nSPS) is 10.9. The van der Waals surface area contributed by atoms with Crippen molar-refractivity contribution in [3.63, 3.8) is 0 Å². The highest BCUT2D eigenvalue weighted by molar-refractivity contribution is 7.06. The predicted octanol–water partition coefficient (Wildman–Crippen LogP) is 2.41. The van der Waals surface area contributed by atoms with Gasteiger partial charge in [-0.05, 0) is 23.0 Å². The molecule has 0 atom stereocenters. The Hall–Kier alpha value is -0.990. The summed E-state index contributed by atoms with van der Waals surface area (Å²) in [7, 11) is 0. The molecule has 0 spiro atoms. The molecule has 0 bridgehead atoms. The molecule has 0 aliphatic heterocycles. The van der Waals surface area contributed by atoms with Crippen molar-refractivity contribution in [1.29, 1.82) is 0 Å². The highest BCUT2D eigenvalue weighted by Crippen LogP contribution is 2.29. The van der Waals surface area contributed by atoms with Gasteiger partial charge in [0.15, 0.2) is 5.82 Å². The monoisotopic (exact) mass is 182 g/mol. The van der Waals surface area contributed by atoms with E-state index in [9.17, 15) is 4.79 Å². The van der Waals surface area contributed by atoms with Crippen molar-refractivity contribution in [2.75, 3.05) is 0 Å². The molecular formula is C8H10N2OS. The summed E-state index contributed by atoms with van der Waals surface area (Å²) in [4.78, 5) is 14.5. The van der Waals surface area contributed by atoms with E-state index in [4.69, 9.17) is 0 Å². The van der Waals surface area contributed by atoms with Crippen LogP contribution in [0, 0.1) is 0 Å². The van der Waals surface area contributed by atoms with Gasteiger partial charge in [-0.3, -0.25) is 0 Å². The number of hydrogen-bond acceptors (Lipinski definition) is 4. The average Bonchev–Trinajstić information content (AvgIpc) is 2.35. The molecule has 1 rings (SSSR count). The smallest absolute Gasteiger partial charge is 0.211 e. The quantitative estimate of drug-likeness (QED) is 0.494. The van der Waals surface area contributed by atoms with Crippen molar-refractivity contribution in [3.05, 3.63) is 10.9 Å². The van der Waals surface area contributed by atoms with Crippen LogP contribution in [0.25, 0.3) is 0 Å². The summed E-state index contributed by atoms with van der Waals surface area (Å²) in [5.74, 6) is 0.458. The Labute approximate surface area is 75.3 Å². The number of aliphatic imine (C=N–C) groups is 1. The third-order valence-electron chi connectivity index (χ3n) is 1.40. The van der Waals surface area contributed by atoms with Crippen LogP contribution in [-0.4, -0.2) is 10.5 Å². The third-order valence-corrected chi connectivity index (χ3v) is 2.60. The van der Waals surface area contributed by atoms with Crippen LogP contribution in [-0.2, 0) is 10.2 Å². The Kier molecular flexibility index (Phi) is 2.40. The lowest BCUT2D eigenvalue weighted by molar-refractivity contribution is 0.565. The van der Waals surface area contributed by atoms with Gasteiger partial charge < -0.3 is 0 Å². The second kappa shape index (κ2) is 3.17. The Morgan fingerprint density at radius 1 is 1.58 bits per heavy atom. The van der Waals surface area contributed by atoms with E-state index in [0.717, 1.165) is 4.88 Å². The fourth-order valence-electron chi connectivity index (χ4n) is 0.719. The van der Waals surface area contributed by atoms with Crippen molar-refractivity contribution in [1.82, 2.24) is 4.37 Å². The third kappa shape index (κ3) is 2.00. The summed E-state index contributed by atoms with van der Waals surface area (Å²) in [6.07, 6.45) is 1.47. The van der Waals surface area contributed by atoms with Gasteiger partial charge in [0.25, 0.3) is 0 Å². The second-order valence-electron chi connectivity index (χ2n) is 3.50. The molecule has 0 saturated carbocycles. The van der Waals surface area contributed by atoms with Crippen molar-refractivity contribution >= 4 is 23.4 Å². The van der Waals surface area contributed by atoms with Crippen LogP contribution in [0.4, 0.5) is 5.82 Å². The zero-order valence-electron chi connectivity index (χ0n) is 7.29. The molecule has 0 aliphatic rings. The minimum Gasteiger partial charge on any atom is -0.211 e. The van der Waals surface area contributed by atoms with Crippen LogP contribution in [0.5, 0.6) is 0 Å². The highest BCUT2D eigenvalue weighted by atomic mass is 32.1. The van der Waals surface area contributed by atoms with Crippen LogP contribution >= 0.6 is 11.5 Å². The molecule has 0 fully saturated rings. The molecule has 12 heavy (non-hydrogen) atoms. The van der Waals surface area contributed by atoms with Crippen molar-refractivity contribution in [2.45, 2.75) is 26.2 Å². The zero-order chi connectivity index (χ0) is 9.19. The summed E-state index contributed by atoms with van der Waals surface area (Å²) in [5.41, 5.74) is 0.0777. The van der Waals surface area contributed by atoms with Crippen LogP contribution in [0.15, 0.2) is 11.1 Å². The van der Waals surface area contributed by atoms with E-state index in [1.54, 1.807) is 0 Å². The van der Waals surface area contributed by atoms with Crippen molar-refractivity contribution in [3.8, 4) is 0 Å². The largest absolute Gasteiger partial charge is 0.242 e. The molecule has 64 valence electrons. The van der Waals surface area contributed by atoms with Gasteiger partial charge in [-0.25, -0.2) is 4.79 Å². The minimum absolute atomic E-state index is 0.0777. The molecule has 0 N–H and O–H groups in total. The zero-order valence-corrected chi connectivity index (χ0v) is 8.10. The van der Waals surface area contributed by atoms with Crippen molar-refractivity contribution < 1.29 is 4.79 Å². The van der Waals surface area contributed by atoms with E-state index < -0.39 is 0 Å². The molecule has 4 heteroatoms. The van der Waals surface area contributed by atoms with E-state index in [1.165, 1.54) is 17.6 Å². The van der Waals surface area contributed by atoms with Gasteiger partial charge in [0.1, 0.15) is 0 Å². The van der Waals surface area contributed by atoms with Gasteiger partial charge in [-0.15, -0.1) is 4.99 Å². The molecule has 1 heterocycles. The number of isocyanates is 1. The first kappa shape index (κ1) is 9.10. The fourth-order valence-corrected chi connectivity index (χ4v) is 1.44. The Morgan fingerprint density at radius 2 is 2.25 bits per heavy atom. The molecule has 0 aliphatic carbocycles. The van der Waals surface area contributed by atoms with Gasteiger partial charge in [0.2, 0.25) is 6.08 Å². The van der Waals surface area contributed by atoms with Gasteiger partial charge in [-0.1, -0.05) is 20.8 Å². The van der Waals surface area contributed by atoms with E-state index >= 15 is 0 Å². The number of carbonyl (C=O) groups excluding carboxylic acids is 1. The molecular weight excluding hydrogens is 172 g/mol. The predicted molar refractivity (Wildman–Crippen MR) is 48.6 cm³/mol. The van der Waals surface area contributed by atoms with E-state index in [-0.39, 0.29) is 5.41 Å². The average molecular weight is 182 g/mol. The molecule has 0 radical (unpaired) electrons. The number of nitrogens with zero attached hydrogens (tertiary/aromatic N) is 2. The maximum atomic E-state index is 9.91. The SMILES string of the molecule is CC(C)(C)c1cc(N=C=O)ns1. The molecule has 1 aromatic heterocycles. The fraction of sp³-hybridized carbons (Fsp3) is 0.500. The maximum Gasteiger partial charge on any atom is 0.242 e. The summed E-state index contributed by atoms with van der Waals surface area (Å²) >= 11 is 1.37. The van der Waals surface area contributed by atoms with Crippen LogP contribution in [0.1, 0.15) is 25.6 Å². The molecule has 3 nitrogen and oxygen atoms in total. The van der Waals surface area contributed by atoms with E-state index in [1.807, 2.05) is 6.07 Å². The summed E-state index contributed by atoms with van der Waals surface area (Å²) in [6, 6.07) is 1.82. The lowest BCUT2D eigenvalue weighted by Gasteiger charge is -2.13. The minimum atomic E-state index is 0.0777. The van der Waals surface area contributed by atoms with Crippen LogP contribution in [0.2, 0.25) is 0 Å². The van der Waals surface area contributed by atoms with Gasteiger partial charge in [-0.2, -0.15) is 4.37 Å². The first-order valence-electron chi connectivity index (χ1n) is 3.59. The lowest BCUT2D eigenvalue weighted by atomic mass is 9.95. The first-order valence-corrected chi connectivity index (χ1v) is 4.36. The number of hydrogen-bond donors (Lipinski definition) is 0. The number of rotatable bonds is 1. The van der Waals surface area contributed by atoms with Crippen LogP contribution < -0.4 is 0 Å².